The number of hydrogen-bond donors (Lipinski definition) is 0. The third-order valence-electron chi connectivity index (χ3n) is 0. The predicted molar refractivity (Wildman–Crippen MR) is 45.7 cm³/mol. The molecule has 0 aliphatic rings. The number of halogens is 3. The van der Waals surface area contributed by atoms with E-state index in [0.29, 0.717) is 0 Å². The Labute approximate surface area is 68.2 Å². The summed E-state index contributed by atoms with van der Waals surface area (Å²) in [4.78, 5) is 0. The standard InChI is InChI=1S/3HI.Ir.H2O/h3*1H;;1H2/q;;;+3;/p-3. The second kappa shape index (κ2) is 6.80. The zero-order chi connectivity index (χ0) is 3.58. The van der Waals surface area contributed by atoms with E-state index >= 15 is 0 Å². The normalized spacial score (nSPS) is 9.00. The van der Waals surface area contributed by atoms with Gasteiger partial charge in [-0.05, 0) is 0 Å². The third-order valence-corrected chi connectivity index (χ3v) is 0. The Balaban J connectivity index is 0. The molecule has 0 aromatic rings. The van der Waals surface area contributed by atoms with Crippen molar-refractivity contribution in [3.05, 3.63) is 0 Å². The van der Waals surface area contributed by atoms with Gasteiger partial charge < -0.3 is 5.48 Å². The van der Waals surface area contributed by atoms with Gasteiger partial charge in [-0.25, -0.2) is 0 Å². The van der Waals surface area contributed by atoms with Gasteiger partial charge in [-0.15, -0.1) is 0 Å². The van der Waals surface area contributed by atoms with Gasteiger partial charge in [0.15, 0.2) is 0 Å². The van der Waals surface area contributed by atoms with Crippen molar-refractivity contribution in [2.24, 2.45) is 0 Å². The molecule has 1 nitrogen and oxygen atoms in total. The summed E-state index contributed by atoms with van der Waals surface area (Å²) >= 11 is 7.45. The van der Waals surface area contributed by atoms with Crippen molar-refractivity contribution < 1.29 is 11.2 Å². The van der Waals surface area contributed by atoms with E-state index in [4.69, 9.17) is 0 Å². The van der Waals surface area contributed by atoms with Crippen molar-refractivity contribution in [2.75, 3.05) is 0 Å². The molecular weight excluding hydrogens is 589 g/mol. The van der Waals surface area contributed by atoms with Crippen LogP contribution in [0.15, 0.2) is 0 Å². The van der Waals surface area contributed by atoms with E-state index < -0.39 is 5.75 Å². The van der Waals surface area contributed by atoms with Crippen LogP contribution in [0.25, 0.3) is 0 Å². The van der Waals surface area contributed by atoms with Gasteiger partial charge in [-0.3, -0.25) is 0 Å². The van der Waals surface area contributed by atoms with Gasteiger partial charge in [0, 0.05) is 0 Å². The molecule has 5 heteroatoms. The molecule has 2 N–H and O–H groups in total. The van der Waals surface area contributed by atoms with E-state index in [9.17, 15) is 0 Å². The van der Waals surface area contributed by atoms with Gasteiger partial charge in [-0.1, -0.05) is 0 Å². The molecule has 0 saturated heterocycles. The van der Waals surface area contributed by atoms with Crippen LogP contribution in [0, 0.1) is 0 Å². The minimum absolute atomic E-state index is 0. The first-order valence-corrected chi connectivity index (χ1v) is 20.8. The molecular formula is H2I3IrO. The molecule has 0 aliphatic carbocycles. The summed E-state index contributed by atoms with van der Waals surface area (Å²) in [5.41, 5.74) is 0. The van der Waals surface area contributed by atoms with Crippen LogP contribution in [0.4, 0.5) is 0 Å². The topological polar surface area (TPSA) is 31.5 Å². The Morgan fingerprint density at radius 1 is 1.00 bits per heavy atom. The van der Waals surface area contributed by atoms with E-state index in [2.05, 4.69) is 58.8 Å². The molecule has 0 spiro atoms. The van der Waals surface area contributed by atoms with Crippen LogP contribution >= 0.6 is 58.8 Å². The second-order valence-electron chi connectivity index (χ2n) is 0.143. The molecule has 0 fully saturated rings. The molecule has 0 aromatic carbocycles. The molecule has 38 valence electrons. The summed E-state index contributed by atoms with van der Waals surface area (Å²) in [5.74, 6) is -0.423. The fraction of sp³-hybridized carbons (Fsp3) is 0. The fourth-order valence-corrected chi connectivity index (χ4v) is 0. The van der Waals surface area contributed by atoms with Gasteiger partial charge in [0.05, 0.1) is 0 Å². The zero-order valence-corrected chi connectivity index (χ0v) is 10.8. The van der Waals surface area contributed by atoms with Crippen LogP contribution < -0.4 is 0 Å². The molecule has 0 heterocycles. The molecule has 0 bridgehead atoms. The summed E-state index contributed by atoms with van der Waals surface area (Å²) < 4.78 is 0. The van der Waals surface area contributed by atoms with E-state index in [1.54, 1.807) is 0 Å². The summed E-state index contributed by atoms with van der Waals surface area (Å²) in [6.07, 6.45) is 0. The maximum absolute atomic E-state index is 2.48. The minimum atomic E-state index is -0.423. The number of hydrogen-bond acceptors (Lipinski definition) is 0. The van der Waals surface area contributed by atoms with Crippen molar-refractivity contribution in [2.45, 2.75) is 0 Å². The Hall–Kier alpha value is 2.80. The van der Waals surface area contributed by atoms with Gasteiger partial charge in [0.25, 0.3) is 0 Å². The van der Waals surface area contributed by atoms with Crippen LogP contribution in [0.5, 0.6) is 0 Å². The first-order chi connectivity index (χ1) is 1.73. The van der Waals surface area contributed by atoms with Crippen molar-refractivity contribution in [1.29, 1.82) is 0 Å². The molecule has 0 aromatic heterocycles. The van der Waals surface area contributed by atoms with E-state index in [0.717, 1.165) is 0 Å². The maximum atomic E-state index is 2.48. The molecule has 0 rings (SSSR count). The summed E-state index contributed by atoms with van der Waals surface area (Å²) in [7, 11) is 0. The van der Waals surface area contributed by atoms with E-state index in [1.807, 2.05) is 0 Å². The summed E-state index contributed by atoms with van der Waals surface area (Å²) in [5, 5.41) is 0. The molecule has 0 atom stereocenters. The Morgan fingerprint density at radius 3 is 1.00 bits per heavy atom. The van der Waals surface area contributed by atoms with Crippen molar-refractivity contribution in [3.63, 3.8) is 0 Å². The molecule has 0 unspecified atom stereocenters. The average molecular weight is 591 g/mol. The van der Waals surface area contributed by atoms with Gasteiger partial charge in [-0.2, -0.15) is 0 Å². The monoisotopic (exact) mass is 592 g/mol. The SMILES string of the molecule is O.[I][Ir]([I])[I]. The van der Waals surface area contributed by atoms with Gasteiger partial charge in [0.2, 0.25) is 0 Å². The summed E-state index contributed by atoms with van der Waals surface area (Å²) in [6.45, 7) is 0. The van der Waals surface area contributed by atoms with Crippen LogP contribution in [0.3, 0.4) is 0 Å². The quantitative estimate of drug-likeness (QED) is 0.386. The zero-order valence-electron chi connectivity index (χ0n) is 1.97. The summed E-state index contributed by atoms with van der Waals surface area (Å²) in [6, 6.07) is 0. The van der Waals surface area contributed by atoms with Crippen molar-refractivity contribution >= 4 is 58.8 Å². The molecule has 0 saturated carbocycles. The Bertz CT molecular complexity index is 11.6. The van der Waals surface area contributed by atoms with Crippen molar-refractivity contribution in [1.82, 2.24) is 0 Å². The first-order valence-electron chi connectivity index (χ1n) is 0.378. The molecule has 0 aliphatic heterocycles. The van der Waals surface area contributed by atoms with Crippen LogP contribution in [-0.2, 0) is 5.75 Å². The van der Waals surface area contributed by atoms with Gasteiger partial charge >= 0.3 is 64.5 Å². The van der Waals surface area contributed by atoms with Crippen LogP contribution in [0.2, 0.25) is 0 Å². The Morgan fingerprint density at radius 2 is 1.00 bits per heavy atom. The molecule has 0 amide bonds. The van der Waals surface area contributed by atoms with Crippen molar-refractivity contribution in [3.8, 4) is 0 Å². The fourth-order valence-electron chi connectivity index (χ4n) is 0. The van der Waals surface area contributed by atoms with Crippen LogP contribution in [0.1, 0.15) is 0 Å². The van der Waals surface area contributed by atoms with E-state index in [1.165, 1.54) is 0 Å². The third kappa shape index (κ3) is 20.0. The second-order valence-corrected chi connectivity index (χ2v) is 52.6. The van der Waals surface area contributed by atoms with Gasteiger partial charge in [0.1, 0.15) is 0 Å². The van der Waals surface area contributed by atoms with E-state index in [-0.39, 0.29) is 5.48 Å². The molecule has 5 heavy (non-hydrogen) atoms. The molecule has 0 radical (unpaired) electrons. The predicted octanol–water partition coefficient (Wildman–Crippen LogP) is 1.83. The average Bonchev–Trinajstić information content (AvgIpc) is 0.811. The Kier molecular flexibility index (Phi) is 14.6. The first kappa shape index (κ1) is 10.7. The number of rotatable bonds is 0. The van der Waals surface area contributed by atoms with Crippen LogP contribution in [-0.4, -0.2) is 5.48 Å².